The third-order valence-corrected chi connectivity index (χ3v) is 6.21. The van der Waals surface area contributed by atoms with Crippen molar-refractivity contribution in [2.45, 2.75) is 32.4 Å². The van der Waals surface area contributed by atoms with Crippen LogP contribution in [0.25, 0.3) is 22.8 Å². The first-order chi connectivity index (χ1) is 13.2. The maximum atomic E-state index is 14.4. The lowest BCUT2D eigenvalue weighted by atomic mass is 10.1. The average Bonchev–Trinajstić information content (AvgIpc) is 2.92. The van der Waals surface area contributed by atoms with Crippen LogP contribution in [0.1, 0.15) is 5.56 Å². The molecule has 1 aromatic carbocycles. The van der Waals surface area contributed by atoms with E-state index in [0.29, 0.717) is 23.2 Å². The molecule has 0 saturated carbocycles. The summed E-state index contributed by atoms with van der Waals surface area (Å²) in [4.78, 5) is 12.7. The summed E-state index contributed by atoms with van der Waals surface area (Å²) >= 11 is 6.22. The van der Waals surface area contributed by atoms with Crippen molar-refractivity contribution in [1.29, 1.82) is 0 Å². The molecule has 28 heavy (non-hydrogen) atoms. The Balaban J connectivity index is 1.99. The Morgan fingerprint density at radius 1 is 1.32 bits per heavy atom. The zero-order chi connectivity index (χ0) is 20.5. The average molecular weight is 421 g/mol. The summed E-state index contributed by atoms with van der Waals surface area (Å²) in [7, 11) is -1.20. The van der Waals surface area contributed by atoms with Crippen LogP contribution in [0.2, 0.25) is 30.8 Å². The molecule has 0 radical (unpaired) electrons. The predicted molar refractivity (Wildman–Crippen MR) is 112 cm³/mol. The van der Waals surface area contributed by atoms with Crippen LogP contribution in [0.15, 0.2) is 35.6 Å². The summed E-state index contributed by atoms with van der Waals surface area (Å²) in [5.74, 6) is -0.579. The minimum Gasteiger partial charge on any atom is -0.360 e. The smallest absolute Gasteiger partial charge is 0.273 e. The van der Waals surface area contributed by atoms with E-state index in [1.807, 2.05) is 0 Å². The van der Waals surface area contributed by atoms with Gasteiger partial charge in [0.2, 0.25) is 0 Å². The third kappa shape index (κ3) is 4.24. The lowest BCUT2D eigenvalue weighted by Gasteiger charge is -2.15. The van der Waals surface area contributed by atoms with E-state index < -0.39 is 19.5 Å². The van der Waals surface area contributed by atoms with E-state index in [2.05, 4.69) is 36.4 Å². The van der Waals surface area contributed by atoms with Gasteiger partial charge >= 0.3 is 0 Å². The number of hydrogen-bond acceptors (Lipinski definition) is 4. The molecule has 0 fully saturated rings. The van der Waals surface area contributed by atoms with Crippen LogP contribution < -0.4 is 5.56 Å². The van der Waals surface area contributed by atoms with Crippen molar-refractivity contribution in [3.05, 3.63) is 57.7 Å². The Morgan fingerprint density at radius 3 is 2.75 bits per heavy atom. The molecule has 0 N–H and O–H groups in total. The fourth-order valence-electron chi connectivity index (χ4n) is 2.71. The molecule has 2 heterocycles. The highest BCUT2D eigenvalue weighted by atomic mass is 35.5. The van der Waals surface area contributed by atoms with Crippen LogP contribution >= 0.6 is 11.6 Å². The van der Waals surface area contributed by atoms with E-state index in [0.717, 1.165) is 10.7 Å². The zero-order valence-electron chi connectivity index (χ0n) is 16.1. The first-order valence-corrected chi connectivity index (χ1v) is 13.0. The third-order valence-electron chi connectivity index (χ3n) is 4.25. The molecule has 148 valence electrons. The molecule has 0 amide bonds. The van der Waals surface area contributed by atoms with Gasteiger partial charge in [0.15, 0.2) is 5.15 Å². The van der Waals surface area contributed by atoms with Gasteiger partial charge in [-0.2, -0.15) is 14.9 Å². The standard InChI is InChI=1S/C19H22ClFN4O2Si/c1-5-13-7-6-8-14(21)18(13)25-16(26)11-15-17(22-25)19(20)23-24(15)12-27-9-10-28(2,3)4/h5-8,11H,1,9-10,12H2,2-4H3. The quantitative estimate of drug-likeness (QED) is 0.421. The summed E-state index contributed by atoms with van der Waals surface area (Å²) in [6.45, 7) is 11.2. The predicted octanol–water partition coefficient (Wildman–Crippen LogP) is 4.33. The topological polar surface area (TPSA) is 61.9 Å². The van der Waals surface area contributed by atoms with Crippen molar-refractivity contribution in [3.63, 3.8) is 0 Å². The van der Waals surface area contributed by atoms with Gasteiger partial charge in [0.25, 0.3) is 5.56 Å². The van der Waals surface area contributed by atoms with E-state index in [4.69, 9.17) is 16.3 Å². The Morgan fingerprint density at radius 2 is 2.07 bits per heavy atom. The highest BCUT2D eigenvalue weighted by Gasteiger charge is 2.18. The molecule has 0 saturated heterocycles. The molecule has 0 unspecified atom stereocenters. The van der Waals surface area contributed by atoms with Crippen molar-refractivity contribution in [3.8, 4) is 5.69 Å². The maximum absolute atomic E-state index is 14.4. The van der Waals surface area contributed by atoms with Crippen molar-refractivity contribution in [2.75, 3.05) is 6.61 Å². The van der Waals surface area contributed by atoms with Crippen molar-refractivity contribution < 1.29 is 9.13 Å². The number of aromatic nitrogens is 4. The molecular weight excluding hydrogens is 399 g/mol. The largest absolute Gasteiger partial charge is 0.360 e. The molecule has 2 aromatic heterocycles. The monoisotopic (exact) mass is 420 g/mol. The van der Waals surface area contributed by atoms with Crippen LogP contribution in [0.3, 0.4) is 0 Å². The number of rotatable bonds is 7. The summed E-state index contributed by atoms with van der Waals surface area (Å²) < 4.78 is 22.6. The Hall–Kier alpha value is -2.29. The number of halogens is 2. The molecule has 6 nitrogen and oxygen atoms in total. The van der Waals surface area contributed by atoms with Crippen molar-refractivity contribution in [1.82, 2.24) is 19.6 Å². The van der Waals surface area contributed by atoms with Crippen LogP contribution in [0, 0.1) is 5.82 Å². The first kappa shape index (κ1) is 20.4. The molecule has 0 aliphatic carbocycles. The molecule has 0 atom stereocenters. The Kier molecular flexibility index (Phi) is 5.83. The van der Waals surface area contributed by atoms with Gasteiger partial charge < -0.3 is 4.74 Å². The van der Waals surface area contributed by atoms with Crippen LogP contribution in [0.5, 0.6) is 0 Å². The van der Waals surface area contributed by atoms with Crippen molar-refractivity contribution >= 4 is 36.8 Å². The number of ether oxygens (including phenoxy) is 1. The van der Waals surface area contributed by atoms with Gasteiger partial charge in [0, 0.05) is 26.3 Å². The van der Waals surface area contributed by atoms with E-state index in [1.165, 1.54) is 22.9 Å². The van der Waals surface area contributed by atoms with Gasteiger partial charge in [-0.25, -0.2) is 9.07 Å². The van der Waals surface area contributed by atoms with E-state index >= 15 is 0 Å². The summed E-state index contributed by atoms with van der Waals surface area (Å²) in [6.07, 6.45) is 1.47. The number of benzene rings is 1. The van der Waals surface area contributed by atoms with Gasteiger partial charge in [-0.3, -0.25) is 4.79 Å². The number of nitrogens with zero attached hydrogens (tertiary/aromatic N) is 4. The SMILES string of the molecule is C=Cc1cccc(F)c1-n1nc2c(Cl)nn(COCC[Si](C)(C)C)c2cc1=O. The maximum Gasteiger partial charge on any atom is 0.273 e. The molecule has 9 heteroatoms. The molecule has 0 aliphatic rings. The lowest BCUT2D eigenvalue weighted by molar-refractivity contribution is 0.0817. The van der Waals surface area contributed by atoms with Gasteiger partial charge in [0.1, 0.15) is 23.8 Å². The van der Waals surface area contributed by atoms with Crippen molar-refractivity contribution in [2.24, 2.45) is 0 Å². The molecule has 3 rings (SSSR count). The summed E-state index contributed by atoms with van der Waals surface area (Å²) in [5, 5.41) is 8.58. The fourth-order valence-corrected chi connectivity index (χ4v) is 3.69. The van der Waals surface area contributed by atoms with Gasteiger partial charge in [-0.1, -0.05) is 56.0 Å². The van der Waals surface area contributed by atoms with Crippen LogP contribution in [-0.4, -0.2) is 34.2 Å². The highest BCUT2D eigenvalue weighted by molar-refractivity contribution is 6.76. The minimum atomic E-state index is -1.20. The second-order valence-electron chi connectivity index (χ2n) is 7.65. The summed E-state index contributed by atoms with van der Waals surface area (Å²) in [5.41, 5.74) is 0.719. The van der Waals surface area contributed by atoms with Gasteiger partial charge in [-0.15, -0.1) is 0 Å². The summed E-state index contributed by atoms with van der Waals surface area (Å²) in [6, 6.07) is 6.81. The Labute approximate surface area is 168 Å². The van der Waals surface area contributed by atoms with E-state index in [9.17, 15) is 9.18 Å². The second kappa shape index (κ2) is 7.98. The Bertz CT molecular complexity index is 1090. The minimum absolute atomic E-state index is 0.0274. The number of para-hydroxylation sites is 1. The highest BCUT2D eigenvalue weighted by Crippen LogP contribution is 2.22. The second-order valence-corrected chi connectivity index (χ2v) is 13.6. The molecule has 0 aliphatic heterocycles. The van der Waals surface area contributed by atoms with Crippen LogP contribution in [-0.2, 0) is 11.5 Å². The molecule has 3 aromatic rings. The number of hydrogen-bond donors (Lipinski definition) is 0. The van der Waals surface area contributed by atoms with Crippen LogP contribution in [0.4, 0.5) is 4.39 Å². The number of fused-ring (bicyclic) bond motifs is 1. The van der Waals surface area contributed by atoms with E-state index in [1.54, 1.807) is 12.1 Å². The van der Waals surface area contributed by atoms with Gasteiger partial charge in [0.05, 0.1) is 5.52 Å². The molecular formula is C19H22ClFN4O2Si. The normalized spacial score (nSPS) is 11.9. The fraction of sp³-hybridized carbons (Fsp3) is 0.316. The van der Waals surface area contributed by atoms with Gasteiger partial charge in [-0.05, 0) is 12.1 Å². The zero-order valence-corrected chi connectivity index (χ0v) is 17.8. The molecule has 0 spiro atoms. The first-order valence-electron chi connectivity index (χ1n) is 8.87. The molecule has 0 bridgehead atoms. The van der Waals surface area contributed by atoms with E-state index in [-0.39, 0.29) is 17.6 Å². The lowest BCUT2D eigenvalue weighted by Crippen LogP contribution is -2.23.